The highest BCUT2D eigenvalue weighted by atomic mass is 32.2. The van der Waals surface area contributed by atoms with Crippen molar-refractivity contribution in [2.24, 2.45) is 5.10 Å². The van der Waals surface area contributed by atoms with Crippen molar-refractivity contribution in [3.05, 3.63) is 71.9 Å². The molecule has 4 heterocycles. The standard InChI is InChI=1S/C21H24N6O2S/c1-14-4-6-15(7-5-14)17-11-18-20-23-24-21(26(20)8-9-27(18)25-17)30-13-19(28)22-12-16-3-2-10-29-16/h2-10,17-18,20,23,25H,11-13H2,1H3,(H,22,28). The number of rotatable bonds is 5. The number of thioether (sulfide) groups is 1. The number of benzene rings is 1. The number of hydrazone groups is 1. The first-order valence-corrected chi connectivity index (χ1v) is 11.0. The van der Waals surface area contributed by atoms with E-state index in [-0.39, 0.29) is 24.2 Å². The van der Waals surface area contributed by atoms with E-state index in [1.54, 1.807) is 6.26 Å². The van der Waals surface area contributed by atoms with Crippen molar-refractivity contribution in [2.75, 3.05) is 5.75 Å². The average molecular weight is 425 g/mol. The van der Waals surface area contributed by atoms with Crippen LogP contribution in [0.1, 0.15) is 29.3 Å². The molecule has 8 nitrogen and oxygen atoms in total. The summed E-state index contributed by atoms with van der Waals surface area (Å²) in [5.74, 6) is 0.994. The summed E-state index contributed by atoms with van der Waals surface area (Å²) in [5.41, 5.74) is 9.39. The van der Waals surface area contributed by atoms with Crippen LogP contribution in [0.4, 0.5) is 0 Å². The molecule has 3 aliphatic heterocycles. The third kappa shape index (κ3) is 3.78. The number of nitrogens with one attached hydrogen (secondary N) is 3. The van der Waals surface area contributed by atoms with Crippen LogP contribution in [0.5, 0.6) is 0 Å². The van der Waals surface area contributed by atoms with Gasteiger partial charge in [-0.2, -0.15) is 5.10 Å². The number of hydrazine groups is 1. The van der Waals surface area contributed by atoms with Gasteiger partial charge >= 0.3 is 0 Å². The molecule has 30 heavy (non-hydrogen) atoms. The number of hydrogen-bond donors (Lipinski definition) is 3. The molecule has 0 radical (unpaired) electrons. The van der Waals surface area contributed by atoms with Crippen molar-refractivity contribution in [3.8, 4) is 0 Å². The maximum atomic E-state index is 12.2. The van der Waals surface area contributed by atoms with Gasteiger partial charge in [-0.1, -0.05) is 41.6 Å². The fourth-order valence-electron chi connectivity index (χ4n) is 3.95. The van der Waals surface area contributed by atoms with E-state index >= 15 is 0 Å². The Bertz CT molecular complexity index is 958. The summed E-state index contributed by atoms with van der Waals surface area (Å²) in [4.78, 5) is 14.3. The predicted octanol–water partition coefficient (Wildman–Crippen LogP) is 2.24. The topological polar surface area (TPSA) is 85.1 Å². The molecule has 0 saturated carbocycles. The van der Waals surface area contributed by atoms with Crippen molar-refractivity contribution < 1.29 is 9.21 Å². The maximum absolute atomic E-state index is 12.2. The molecule has 1 fully saturated rings. The fraction of sp³-hybridized carbons (Fsp3) is 0.333. The number of amides is 1. The van der Waals surface area contributed by atoms with Gasteiger partial charge in [-0.3, -0.25) is 10.2 Å². The highest BCUT2D eigenvalue weighted by molar-refractivity contribution is 8.14. The Balaban J connectivity index is 1.16. The maximum Gasteiger partial charge on any atom is 0.230 e. The third-order valence-corrected chi connectivity index (χ3v) is 6.52. The largest absolute Gasteiger partial charge is 0.467 e. The Hall–Kier alpha value is -2.91. The smallest absolute Gasteiger partial charge is 0.230 e. The molecule has 1 aromatic heterocycles. The van der Waals surface area contributed by atoms with Crippen LogP contribution >= 0.6 is 11.8 Å². The first kappa shape index (κ1) is 19.1. The van der Waals surface area contributed by atoms with Gasteiger partial charge in [-0.05, 0) is 31.0 Å². The number of carbonyl (C=O) groups is 1. The molecule has 1 aromatic carbocycles. The third-order valence-electron chi connectivity index (χ3n) is 5.56. The lowest BCUT2D eigenvalue weighted by Crippen LogP contribution is -2.54. The molecular formula is C21H24N6O2S. The van der Waals surface area contributed by atoms with E-state index in [1.165, 1.54) is 22.9 Å². The van der Waals surface area contributed by atoms with Gasteiger partial charge in [0.15, 0.2) is 5.17 Å². The molecule has 156 valence electrons. The van der Waals surface area contributed by atoms with E-state index in [0.717, 1.165) is 17.3 Å². The Kier molecular flexibility index (Phi) is 5.14. The molecule has 3 N–H and O–H groups in total. The molecule has 2 aromatic rings. The van der Waals surface area contributed by atoms with E-state index in [9.17, 15) is 4.79 Å². The van der Waals surface area contributed by atoms with Gasteiger partial charge in [0, 0.05) is 12.4 Å². The summed E-state index contributed by atoms with van der Waals surface area (Å²) in [6.07, 6.45) is 6.68. The van der Waals surface area contributed by atoms with E-state index < -0.39 is 0 Å². The van der Waals surface area contributed by atoms with Crippen LogP contribution < -0.4 is 16.2 Å². The molecule has 0 aliphatic carbocycles. The van der Waals surface area contributed by atoms with Gasteiger partial charge in [0.1, 0.15) is 11.9 Å². The number of hydrogen-bond acceptors (Lipinski definition) is 8. The highest BCUT2D eigenvalue weighted by Gasteiger charge is 2.44. The summed E-state index contributed by atoms with van der Waals surface area (Å²) in [5, 5.41) is 10.3. The van der Waals surface area contributed by atoms with Crippen LogP contribution in [0.3, 0.4) is 0 Å². The minimum absolute atomic E-state index is 0.0478. The summed E-state index contributed by atoms with van der Waals surface area (Å²) in [6.45, 7) is 2.50. The van der Waals surface area contributed by atoms with Crippen LogP contribution in [0, 0.1) is 6.92 Å². The lowest BCUT2D eigenvalue weighted by molar-refractivity contribution is -0.118. The summed E-state index contributed by atoms with van der Waals surface area (Å²) in [6, 6.07) is 12.8. The summed E-state index contributed by atoms with van der Waals surface area (Å²) < 4.78 is 5.24. The lowest BCUT2D eigenvalue weighted by Gasteiger charge is -2.36. The second-order valence-corrected chi connectivity index (χ2v) is 8.56. The number of aryl methyl sites for hydroxylation is 1. The normalized spacial score (nSPS) is 24.3. The molecule has 1 saturated heterocycles. The molecule has 3 aliphatic rings. The summed E-state index contributed by atoms with van der Waals surface area (Å²) in [7, 11) is 0. The van der Waals surface area contributed by atoms with Gasteiger partial charge in [0.25, 0.3) is 0 Å². The minimum atomic E-state index is -0.0490. The van der Waals surface area contributed by atoms with Gasteiger partial charge in [-0.15, -0.1) is 0 Å². The van der Waals surface area contributed by atoms with Crippen molar-refractivity contribution >= 4 is 22.8 Å². The molecule has 0 spiro atoms. The Labute approximate surface area is 179 Å². The van der Waals surface area contributed by atoms with Crippen LogP contribution in [0.15, 0.2) is 64.6 Å². The monoisotopic (exact) mass is 424 g/mol. The average Bonchev–Trinajstić information content (AvgIpc) is 3.50. The summed E-state index contributed by atoms with van der Waals surface area (Å²) >= 11 is 1.43. The van der Waals surface area contributed by atoms with Gasteiger partial charge < -0.3 is 19.6 Å². The van der Waals surface area contributed by atoms with E-state index in [2.05, 4.69) is 68.6 Å². The quantitative estimate of drug-likeness (QED) is 0.679. The number of carbonyl (C=O) groups excluding carboxylic acids is 1. The van der Waals surface area contributed by atoms with Crippen molar-refractivity contribution in [1.82, 2.24) is 26.1 Å². The first-order chi connectivity index (χ1) is 14.7. The predicted molar refractivity (Wildman–Crippen MR) is 116 cm³/mol. The number of fused-ring (bicyclic) bond motifs is 3. The van der Waals surface area contributed by atoms with Crippen molar-refractivity contribution in [2.45, 2.75) is 38.1 Å². The molecule has 3 unspecified atom stereocenters. The SMILES string of the molecule is Cc1ccc(C2CC3C4NN=C(SCC(=O)NCc5ccco5)N4C=CN3N2)cc1. The zero-order chi connectivity index (χ0) is 20.5. The highest BCUT2D eigenvalue weighted by Crippen LogP contribution is 2.35. The van der Waals surface area contributed by atoms with Crippen molar-refractivity contribution in [1.29, 1.82) is 0 Å². The van der Waals surface area contributed by atoms with Gasteiger partial charge in [0.2, 0.25) is 5.91 Å². The minimum Gasteiger partial charge on any atom is -0.467 e. The number of nitrogens with zero attached hydrogens (tertiary/aromatic N) is 3. The Morgan fingerprint density at radius 3 is 2.97 bits per heavy atom. The fourth-order valence-corrected chi connectivity index (χ4v) is 4.75. The lowest BCUT2D eigenvalue weighted by atomic mass is 9.99. The van der Waals surface area contributed by atoms with E-state index in [0.29, 0.717) is 12.3 Å². The van der Waals surface area contributed by atoms with Crippen LogP contribution in [0.25, 0.3) is 0 Å². The van der Waals surface area contributed by atoms with Crippen LogP contribution in [-0.4, -0.2) is 38.9 Å². The van der Waals surface area contributed by atoms with Crippen LogP contribution in [-0.2, 0) is 11.3 Å². The molecular weight excluding hydrogens is 400 g/mol. The molecule has 1 amide bonds. The molecule has 5 rings (SSSR count). The van der Waals surface area contributed by atoms with Crippen molar-refractivity contribution in [3.63, 3.8) is 0 Å². The van der Waals surface area contributed by atoms with Gasteiger partial charge in [-0.25, -0.2) is 5.43 Å². The van der Waals surface area contributed by atoms with E-state index in [1.807, 2.05) is 18.3 Å². The van der Waals surface area contributed by atoms with E-state index in [4.69, 9.17) is 4.42 Å². The number of furan rings is 1. The Morgan fingerprint density at radius 1 is 1.30 bits per heavy atom. The Morgan fingerprint density at radius 2 is 2.17 bits per heavy atom. The first-order valence-electron chi connectivity index (χ1n) is 10.0. The second-order valence-electron chi connectivity index (χ2n) is 7.62. The second kappa shape index (κ2) is 8.08. The zero-order valence-corrected chi connectivity index (χ0v) is 17.4. The molecule has 3 atom stereocenters. The zero-order valence-electron chi connectivity index (χ0n) is 16.6. The van der Waals surface area contributed by atoms with Crippen LogP contribution in [0.2, 0.25) is 0 Å². The molecule has 0 bridgehead atoms. The molecule has 9 heteroatoms. The van der Waals surface area contributed by atoms with Gasteiger partial charge in [0.05, 0.1) is 30.6 Å². The number of amidine groups is 1.